The van der Waals surface area contributed by atoms with Gasteiger partial charge < -0.3 is 30.5 Å². The fourth-order valence-corrected chi connectivity index (χ4v) is 4.77. The maximum Gasteiger partial charge on any atom is 0.408 e. The predicted octanol–water partition coefficient (Wildman–Crippen LogP) is 4.95. The minimum atomic E-state index is -1.05. The van der Waals surface area contributed by atoms with Crippen LogP contribution in [0.2, 0.25) is 0 Å². The molecule has 10 heteroatoms. The van der Waals surface area contributed by atoms with Crippen molar-refractivity contribution in [1.82, 2.24) is 20.9 Å². The van der Waals surface area contributed by atoms with Gasteiger partial charge in [-0.05, 0) is 69.2 Å². The van der Waals surface area contributed by atoms with Crippen molar-refractivity contribution in [2.75, 3.05) is 0 Å². The molecule has 10 nitrogen and oxygen atoms in total. The lowest BCUT2D eigenvalue weighted by atomic mass is 9.93. The first-order valence-electron chi connectivity index (χ1n) is 15.3. The largest absolute Gasteiger partial charge is 0.444 e. The summed E-state index contributed by atoms with van der Waals surface area (Å²) in [6.45, 7) is 8.94. The quantitative estimate of drug-likeness (QED) is 0.201. The summed E-state index contributed by atoms with van der Waals surface area (Å²) in [5.41, 5.74) is 1.77. The van der Waals surface area contributed by atoms with E-state index in [2.05, 4.69) is 20.9 Å². The van der Waals surface area contributed by atoms with E-state index in [4.69, 9.17) is 9.47 Å². The highest BCUT2D eigenvalue weighted by Crippen LogP contribution is 2.16. The summed E-state index contributed by atoms with van der Waals surface area (Å²) in [7, 11) is 0. The first kappa shape index (κ1) is 35.0. The van der Waals surface area contributed by atoms with E-state index in [-0.39, 0.29) is 18.9 Å². The molecule has 1 heterocycles. The molecule has 0 fully saturated rings. The molecular weight excluding hydrogens is 572 g/mol. The Bertz CT molecular complexity index is 1330. The van der Waals surface area contributed by atoms with Crippen molar-refractivity contribution in [1.29, 1.82) is 0 Å². The van der Waals surface area contributed by atoms with Gasteiger partial charge in [-0.2, -0.15) is 0 Å². The molecule has 0 saturated carbocycles. The van der Waals surface area contributed by atoms with Gasteiger partial charge in [0.1, 0.15) is 18.2 Å². The van der Waals surface area contributed by atoms with Gasteiger partial charge in [0.25, 0.3) is 0 Å². The number of carbonyl (C=O) groups excluding carboxylic acids is 3. The van der Waals surface area contributed by atoms with Crippen LogP contribution >= 0.6 is 0 Å². The molecule has 4 atom stereocenters. The second-order valence-electron chi connectivity index (χ2n) is 12.4. The fourth-order valence-electron chi connectivity index (χ4n) is 4.77. The van der Waals surface area contributed by atoms with Gasteiger partial charge in [0.05, 0.1) is 17.8 Å². The van der Waals surface area contributed by atoms with E-state index in [1.807, 2.05) is 74.5 Å². The van der Waals surface area contributed by atoms with Gasteiger partial charge in [-0.3, -0.25) is 9.78 Å². The molecule has 45 heavy (non-hydrogen) atoms. The topological polar surface area (TPSA) is 139 Å². The standard InChI is InChI=1S/C35H46N4O6/c1-24(2)31(39-33(42)44-23-27-18-12-13-19-36-27)32(41)38-29(21-26-16-10-7-11-17-26)30(40)22-28(20-25-14-8-6-9-15-25)37-34(43)45-35(3,4)5/h6-19,24,28-31,40H,20-23H2,1-5H3,(H,37,43)(H,38,41)(H,39,42)/t28-,29-,30-,31-/m0/s1. The number of carbonyl (C=O) groups is 3. The first-order valence-corrected chi connectivity index (χ1v) is 15.3. The normalized spacial score (nSPS) is 14.0. The minimum Gasteiger partial charge on any atom is -0.444 e. The fraction of sp³-hybridized carbons (Fsp3) is 0.429. The number of nitrogens with zero attached hydrogens (tertiary/aromatic N) is 1. The number of ether oxygens (including phenoxy) is 2. The number of aliphatic hydroxyl groups excluding tert-OH is 1. The van der Waals surface area contributed by atoms with Gasteiger partial charge in [0, 0.05) is 12.2 Å². The number of alkyl carbamates (subject to hydrolysis) is 2. The highest BCUT2D eigenvalue weighted by atomic mass is 16.6. The Hall–Kier alpha value is -4.44. The number of benzene rings is 2. The zero-order valence-electron chi connectivity index (χ0n) is 26.7. The van der Waals surface area contributed by atoms with Crippen molar-refractivity contribution >= 4 is 18.1 Å². The average Bonchev–Trinajstić information content (AvgIpc) is 2.98. The third-order valence-corrected chi connectivity index (χ3v) is 6.96. The predicted molar refractivity (Wildman–Crippen MR) is 172 cm³/mol. The lowest BCUT2D eigenvalue weighted by Gasteiger charge is -2.31. The van der Waals surface area contributed by atoms with Crippen LogP contribution in [0.15, 0.2) is 85.1 Å². The Balaban J connectivity index is 1.76. The van der Waals surface area contributed by atoms with Crippen LogP contribution in [0, 0.1) is 5.92 Å². The zero-order valence-corrected chi connectivity index (χ0v) is 26.7. The molecule has 242 valence electrons. The maximum absolute atomic E-state index is 13.6. The molecular formula is C35H46N4O6. The van der Waals surface area contributed by atoms with Crippen molar-refractivity contribution in [3.05, 3.63) is 102 Å². The van der Waals surface area contributed by atoms with Gasteiger partial charge in [-0.1, -0.05) is 80.6 Å². The summed E-state index contributed by atoms with van der Waals surface area (Å²) >= 11 is 0. The van der Waals surface area contributed by atoms with Crippen molar-refractivity contribution < 1.29 is 29.0 Å². The van der Waals surface area contributed by atoms with Crippen molar-refractivity contribution in [2.24, 2.45) is 5.92 Å². The smallest absolute Gasteiger partial charge is 0.408 e. The Morgan fingerprint density at radius 2 is 1.40 bits per heavy atom. The molecule has 0 aliphatic heterocycles. The van der Waals surface area contributed by atoms with E-state index in [9.17, 15) is 19.5 Å². The lowest BCUT2D eigenvalue weighted by molar-refractivity contribution is -0.125. The number of pyridine rings is 1. The van der Waals surface area contributed by atoms with Crippen LogP contribution in [0.3, 0.4) is 0 Å². The molecule has 0 bridgehead atoms. The van der Waals surface area contributed by atoms with Crippen LogP contribution in [0.1, 0.15) is 57.9 Å². The van der Waals surface area contributed by atoms with Crippen LogP contribution in [0.4, 0.5) is 9.59 Å². The second-order valence-corrected chi connectivity index (χ2v) is 12.4. The maximum atomic E-state index is 13.6. The number of aromatic nitrogens is 1. The van der Waals surface area contributed by atoms with Crippen LogP contribution in [-0.2, 0) is 33.7 Å². The molecule has 0 aliphatic rings. The van der Waals surface area contributed by atoms with Gasteiger partial charge in [0.15, 0.2) is 0 Å². The van der Waals surface area contributed by atoms with E-state index < -0.39 is 47.9 Å². The summed E-state index contributed by atoms with van der Waals surface area (Å²) < 4.78 is 10.8. The number of amides is 3. The van der Waals surface area contributed by atoms with E-state index in [0.717, 1.165) is 11.1 Å². The number of aliphatic hydroxyl groups is 1. The van der Waals surface area contributed by atoms with Crippen LogP contribution in [0.25, 0.3) is 0 Å². The second kappa shape index (κ2) is 17.2. The molecule has 3 amide bonds. The summed E-state index contributed by atoms with van der Waals surface area (Å²) in [6, 6.07) is 22.3. The van der Waals surface area contributed by atoms with Gasteiger partial charge in [-0.25, -0.2) is 9.59 Å². The summed E-state index contributed by atoms with van der Waals surface area (Å²) in [6.07, 6.45) is 0.118. The van der Waals surface area contributed by atoms with E-state index in [1.54, 1.807) is 45.2 Å². The molecule has 0 radical (unpaired) electrons. The Morgan fingerprint density at radius 3 is 1.96 bits per heavy atom. The number of nitrogens with one attached hydrogen (secondary N) is 3. The van der Waals surface area contributed by atoms with Crippen LogP contribution in [-0.4, -0.2) is 58.0 Å². The van der Waals surface area contributed by atoms with Crippen molar-refractivity contribution in [2.45, 2.75) is 90.3 Å². The summed E-state index contributed by atoms with van der Waals surface area (Å²) in [5.74, 6) is -0.735. The van der Waals surface area contributed by atoms with E-state index in [0.29, 0.717) is 18.5 Å². The van der Waals surface area contributed by atoms with Crippen molar-refractivity contribution in [3.63, 3.8) is 0 Å². The summed E-state index contributed by atoms with van der Waals surface area (Å²) in [5, 5.41) is 20.1. The van der Waals surface area contributed by atoms with E-state index in [1.165, 1.54) is 0 Å². The highest BCUT2D eigenvalue weighted by Gasteiger charge is 2.31. The lowest BCUT2D eigenvalue weighted by Crippen LogP contribution is -2.56. The molecule has 3 rings (SSSR count). The van der Waals surface area contributed by atoms with Crippen LogP contribution in [0.5, 0.6) is 0 Å². The Morgan fingerprint density at radius 1 is 0.800 bits per heavy atom. The van der Waals surface area contributed by atoms with E-state index >= 15 is 0 Å². The minimum absolute atomic E-state index is 0.0398. The summed E-state index contributed by atoms with van der Waals surface area (Å²) in [4.78, 5) is 43.1. The molecule has 4 N–H and O–H groups in total. The van der Waals surface area contributed by atoms with Gasteiger partial charge in [0.2, 0.25) is 5.91 Å². The number of hydrogen-bond acceptors (Lipinski definition) is 7. The molecule has 3 aromatic rings. The highest BCUT2D eigenvalue weighted by molar-refractivity contribution is 5.86. The first-order chi connectivity index (χ1) is 21.4. The Kier molecular flexibility index (Phi) is 13.4. The molecule has 0 spiro atoms. The molecule has 0 saturated heterocycles. The molecule has 2 aromatic carbocycles. The monoisotopic (exact) mass is 618 g/mol. The zero-order chi connectivity index (χ0) is 32.8. The molecule has 0 unspecified atom stereocenters. The number of rotatable bonds is 14. The third kappa shape index (κ3) is 13.0. The van der Waals surface area contributed by atoms with Crippen molar-refractivity contribution in [3.8, 4) is 0 Å². The van der Waals surface area contributed by atoms with Crippen LogP contribution < -0.4 is 16.0 Å². The Labute approximate surface area is 265 Å². The third-order valence-electron chi connectivity index (χ3n) is 6.96. The van der Waals surface area contributed by atoms with Gasteiger partial charge >= 0.3 is 12.2 Å². The number of hydrogen-bond donors (Lipinski definition) is 4. The molecule has 1 aromatic heterocycles. The van der Waals surface area contributed by atoms with Gasteiger partial charge in [-0.15, -0.1) is 0 Å². The average molecular weight is 619 g/mol. The molecule has 0 aliphatic carbocycles. The SMILES string of the molecule is CC(C)[C@H](NC(=O)OCc1ccccn1)C(=O)N[C@@H](Cc1ccccc1)[C@@H](O)C[C@H](Cc1ccccc1)NC(=O)OC(C)(C)C.